The Balaban J connectivity index is 0.00000280. The molecule has 0 amide bonds. The Hall–Kier alpha value is -2.36. The van der Waals surface area contributed by atoms with E-state index in [1.807, 2.05) is 43.9 Å². The smallest absolute Gasteiger partial charge is 0.194 e. The molecule has 0 aliphatic rings. The Bertz CT molecular complexity index is 924. The molecule has 0 radical (unpaired) electrons. The molecule has 0 unspecified atom stereocenters. The normalized spacial score (nSPS) is 11.2. The first kappa shape index (κ1) is 21.9. The van der Waals surface area contributed by atoms with Gasteiger partial charge < -0.3 is 14.8 Å². The van der Waals surface area contributed by atoms with E-state index in [0.29, 0.717) is 6.54 Å². The van der Waals surface area contributed by atoms with Gasteiger partial charge in [0, 0.05) is 51.5 Å². The second-order valence-electron chi connectivity index (χ2n) is 6.73. The van der Waals surface area contributed by atoms with E-state index in [1.54, 1.807) is 7.05 Å². The number of aryl methyl sites for hydroxylation is 3. The molecule has 0 aliphatic heterocycles. The van der Waals surface area contributed by atoms with Crippen molar-refractivity contribution < 1.29 is 0 Å². The predicted molar refractivity (Wildman–Crippen MR) is 123 cm³/mol. The summed E-state index contributed by atoms with van der Waals surface area (Å²) < 4.78 is 3.98. The first-order valence-corrected chi connectivity index (χ1v) is 8.98. The summed E-state index contributed by atoms with van der Waals surface area (Å²) in [6, 6.07) is 10.3. The topological polar surface area (TPSA) is 63.3 Å². The highest BCUT2D eigenvalue weighted by atomic mass is 127. The Kier molecular flexibility index (Phi) is 7.61. The van der Waals surface area contributed by atoms with Crippen LogP contribution in [0.1, 0.15) is 22.6 Å². The van der Waals surface area contributed by atoms with Crippen LogP contribution >= 0.6 is 24.0 Å². The zero-order chi connectivity index (χ0) is 19.4. The number of rotatable bonds is 5. The van der Waals surface area contributed by atoms with Gasteiger partial charge in [-0.1, -0.05) is 6.07 Å². The van der Waals surface area contributed by atoms with Gasteiger partial charge in [-0.2, -0.15) is 5.10 Å². The molecule has 0 spiro atoms. The fourth-order valence-electron chi connectivity index (χ4n) is 3.05. The minimum absolute atomic E-state index is 0. The van der Waals surface area contributed by atoms with Crippen molar-refractivity contribution in [3.05, 3.63) is 65.4 Å². The average Bonchev–Trinajstić information content (AvgIpc) is 3.20. The van der Waals surface area contributed by atoms with Crippen LogP contribution in [0.5, 0.6) is 0 Å². The highest BCUT2D eigenvalue weighted by Crippen LogP contribution is 2.10. The number of aromatic nitrogens is 4. The molecule has 3 rings (SSSR count). The standard InChI is InChI=1S/C20H27N7.HI/c1-15-11-16(2)27(24-15)19-9-8-17(12-22-19)13-23-20(21-3)26(5)14-18-7-6-10-25(18)4;/h6-12H,13-14H2,1-5H3,(H,21,23);1H. The summed E-state index contributed by atoms with van der Waals surface area (Å²) in [5.74, 6) is 1.67. The van der Waals surface area contributed by atoms with Crippen LogP contribution in [-0.4, -0.2) is 44.3 Å². The molecular formula is C20H28IN7. The number of hydrogen-bond donors (Lipinski definition) is 1. The lowest BCUT2D eigenvalue weighted by Crippen LogP contribution is -2.38. The lowest BCUT2D eigenvalue weighted by atomic mass is 10.3. The summed E-state index contributed by atoms with van der Waals surface area (Å²) in [7, 11) is 5.88. The molecule has 0 bridgehead atoms. The lowest BCUT2D eigenvalue weighted by Gasteiger charge is -2.22. The summed E-state index contributed by atoms with van der Waals surface area (Å²) in [5, 5.41) is 7.87. The molecule has 7 nitrogen and oxygen atoms in total. The Labute approximate surface area is 183 Å². The lowest BCUT2D eigenvalue weighted by molar-refractivity contribution is 0.461. The van der Waals surface area contributed by atoms with Crippen LogP contribution < -0.4 is 5.32 Å². The molecule has 0 aliphatic carbocycles. The highest BCUT2D eigenvalue weighted by Gasteiger charge is 2.09. The van der Waals surface area contributed by atoms with Crippen LogP contribution in [0.2, 0.25) is 0 Å². The molecule has 1 N–H and O–H groups in total. The van der Waals surface area contributed by atoms with E-state index in [0.717, 1.165) is 35.3 Å². The van der Waals surface area contributed by atoms with Gasteiger partial charge in [-0.25, -0.2) is 9.67 Å². The number of halogens is 1. The van der Waals surface area contributed by atoms with E-state index in [-0.39, 0.29) is 24.0 Å². The summed E-state index contributed by atoms with van der Waals surface area (Å²) >= 11 is 0. The highest BCUT2D eigenvalue weighted by molar-refractivity contribution is 14.0. The van der Waals surface area contributed by atoms with Crippen LogP contribution in [0.3, 0.4) is 0 Å². The van der Waals surface area contributed by atoms with Crippen molar-refractivity contribution in [3.63, 3.8) is 0 Å². The van der Waals surface area contributed by atoms with Crippen LogP contribution in [-0.2, 0) is 20.1 Å². The van der Waals surface area contributed by atoms with Gasteiger partial charge in [0.2, 0.25) is 0 Å². The van der Waals surface area contributed by atoms with Crippen molar-refractivity contribution in [1.29, 1.82) is 0 Å². The predicted octanol–water partition coefficient (Wildman–Crippen LogP) is 3.05. The number of pyridine rings is 1. The molecule has 0 saturated carbocycles. The second kappa shape index (κ2) is 9.72. The van der Waals surface area contributed by atoms with Gasteiger partial charge in [0.25, 0.3) is 0 Å². The van der Waals surface area contributed by atoms with Crippen molar-refractivity contribution in [3.8, 4) is 5.82 Å². The number of nitrogens with one attached hydrogen (secondary N) is 1. The van der Waals surface area contributed by atoms with Crippen LogP contribution in [0.25, 0.3) is 5.82 Å². The van der Waals surface area contributed by atoms with Crippen LogP contribution in [0, 0.1) is 13.8 Å². The van der Waals surface area contributed by atoms with E-state index in [9.17, 15) is 0 Å². The fourth-order valence-corrected chi connectivity index (χ4v) is 3.05. The molecule has 3 heterocycles. The minimum atomic E-state index is 0. The molecule has 3 aromatic rings. The minimum Gasteiger partial charge on any atom is -0.353 e. The van der Waals surface area contributed by atoms with Gasteiger partial charge in [0.15, 0.2) is 11.8 Å². The maximum absolute atomic E-state index is 4.55. The number of guanidine groups is 1. The number of hydrogen-bond acceptors (Lipinski definition) is 3. The van der Waals surface area contributed by atoms with Crippen LogP contribution in [0.15, 0.2) is 47.7 Å². The molecule has 28 heavy (non-hydrogen) atoms. The molecule has 0 fully saturated rings. The van der Waals surface area contributed by atoms with Crippen molar-refractivity contribution in [2.75, 3.05) is 14.1 Å². The monoisotopic (exact) mass is 493 g/mol. The van der Waals surface area contributed by atoms with Gasteiger partial charge >= 0.3 is 0 Å². The number of aliphatic imine (C=N–C) groups is 1. The quantitative estimate of drug-likeness (QED) is 0.337. The Morgan fingerprint density at radius 1 is 1.25 bits per heavy atom. The SMILES string of the molecule is CN=C(NCc1ccc(-n2nc(C)cc2C)nc1)N(C)Cc1cccn1C.I. The molecular weight excluding hydrogens is 465 g/mol. The zero-order valence-electron chi connectivity index (χ0n) is 17.0. The van der Waals surface area contributed by atoms with Gasteiger partial charge in [0.1, 0.15) is 0 Å². The van der Waals surface area contributed by atoms with Crippen molar-refractivity contribution >= 4 is 29.9 Å². The van der Waals surface area contributed by atoms with E-state index >= 15 is 0 Å². The third-order valence-electron chi connectivity index (χ3n) is 4.51. The van der Waals surface area contributed by atoms with E-state index < -0.39 is 0 Å². The van der Waals surface area contributed by atoms with E-state index in [1.165, 1.54) is 5.69 Å². The van der Waals surface area contributed by atoms with Crippen molar-refractivity contribution in [2.24, 2.45) is 12.0 Å². The van der Waals surface area contributed by atoms with E-state index in [2.05, 4.69) is 61.3 Å². The Morgan fingerprint density at radius 2 is 2.04 bits per heavy atom. The summed E-state index contributed by atoms with van der Waals surface area (Å²) in [6.45, 7) is 5.47. The average molecular weight is 493 g/mol. The Morgan fingerprint density at radius 3 is 2.57 bits per heavy atom. The molecule has 0 aromatic carbocycles. The maximum Gasteiger partial charge on any atom is 0.194 e. The first-order chi connectivity index (χ1) is 13.0. The van der Waals surface area contributed by atoms with Crippen molar-refractivity contribution in [1.82, 2.24) is 29.5 Å². The summed E-state index contributed by atoms with van der Waals surface area (Å²) in [5.41, 5.74) is 4.39. The fraction of sp³-hybridized carbons (Fsp3) is 0.350. The van der Waals surface area contributed by atoms with Crippen molar-refractivity contribution in [2.45, 2.75) is 26.9 Å². The first-order valence-electron chi connectivity index (χ1n) is 8.98. The summed E-state index contributed by atoms with van der Waals surface area (Å²) in [6.07, 6.45) is 3.93. The van der Waals surface area contributed by atoms with Gasteiger partial charge in [-0.3, -0.25) is 4.99 Å². The third kappa shape index (κ3) is 5.12. The molecule has 150 valence electrons. The molecule has 0 saturated heterocycles. The van der Waals surface area contributed by atoms with E-state index in [4.69, 9.17) is 0 Å². The molecule has 0 atom stereocenters. The molecule has 3 aromatic heterocycles. The van der Waals surface area contributed by atoms with Gasteiger partial charge in [-0.15, -0.1) is 24.0 Å². The van der Waals surface area contributed by atoms with Gasteiger partial charge in [0.05, 0.1) is 12.2 Å². The zero-order valence-corrected chi connectivity index (χ0v) is 19.4. The largest absolute Gasteiger partial charge is 0.353 e. The number of nitrogens with zero attached hydrogens (tertiary/aromatic N) is 6. The maximum atomic E-state index is 4.55. The molecule has 8 heteroatoms. The third-order valence-corrected chi connectivity index (χ3v) is 4.51. The van der Waals surface area contributed by atoms with Crippen LogP contribution in [0.4, 0.5) is 0 Å². The second-order valence-corrected chi connectivity index (χ2v) is 6.73. The summed E-state index contributed by atoms with van der Waals surface area (Å²) in [4.78, 5) is 11.0. The van der Waals surface area contributed by atoms with Gasteiger partial charge in [-0.05, 0) is 43.7 Å².